The van der Waals surface area contributed by atoms with E-state index >= 15 is 0 Å². The molecule has 0 radical (unpaired) electrons. The Morgan fingerprint density at radius 3 is 2.41 bits per heavy atom. The zero-order chi connectivity index (χ0) is 20.5. The summed E-state index contributed by atoms with van der Waals surface area (Å²) >= 11 is 0. The van der Waals surface area contributed by atoms with Crippen LogP contribution in [-0.2, 0) is 17.6 Å². The number of carbonyl (C=O) groups excluding carboxylic acids is 1. The third-order valence-electron chi connectivity index (χ3n) is 5.20. The normalized spacial score (nSPS) is 12.0. The van der Waals surface area contributed by atoms with Crippen LogP contribution in [-0.4, -0.2) is 44.3 Å². The lowest BCUT2D eigenvalue weighted by atomic mass is 9.87. The van der Waals surface area contributed by atoms with E-state index in [1.807, 2.05) is 36.4 Å². The minimum atomic E-state index is -0.542. The minimum absolute atomic E-state index is 0.542. The number of hydrogen-bond acceptors (Lipinski definition) is 6. The van der Waals surface area contributed by atoms with E-state index in [-0.39, 0.29) is 0 Å². The van der Waals surface area contributed by atoms with E-state index in [4.69, 9.17) is 18.9 Å². The molecule has 1 aliphatic rings. The van der Waals surface area contributed by atoms with Crippen molar-refractivity contribution < 1.29 is 23.7 Å². The van der Waals surface area contributed by atoms with Crippen LogP contribution >= 0.6 is 0 Å². The van der Waals surface area contributed by atoms with Gasteiger partial charge in [0.1, 0.15) is 5.75 Å². The number of ether oxygens (including phenoxy) is 4. The smallest absolute Gasteiger partial charge is 0.435 e. The lowest BCUT2D eigenvalue weighted by molar-refractivity contribution is 0.169. The Balaban J connectivity index is 1.93. The predicted molar refractivity (Wildman–Crippen MR) is 108 cm³/mol. The van der Waals surface area contributed by atoms with Crippen molar-refractivity contribution in [1.29, 1.82) is 0 Å². The van der Waals surface area contributed by atoms with Crippen molar-refractivity contribution in [2.45, 2.75) is 12.8 Å². The second kappa shape index (κ2) is 7.50. The van der Waals surface area contributed by atoms with Crippen molar-refractivity contribution >= 4 is 6.09 Å². The average Bonchev–Trinajstić information content (AvgIpc) is 3.17. The van der Waals surface area contributed by atoms with Crippen LogP contribution in [0.5, 0.6) is 17.2 Å². The first-order valence-corrected chi connectivity index (χ1v) is 9.21. The van der Waals surface area contributed by atoms with Crippen molar-refractivity contribution in [2.75, 3.05) is 28.4 Å². The van der Waals surface area contributed by atoms with Gasteiger partial charge in [0.15, 0.2) is 11.5 Å². The molecule has 29 heavy (non-hydrogen) atoms. The number of aromatic nitrogens is 2. The van der Waals surface area contributed by atoms with Gasteiger partial charge in [0, 0.05) is 16.7 Å². The van der Waals surface area contributed by atoms with Gasteiger partial charge in [-0.1, -0.05) is 0 Å². The fourth-order valence-corrected chi connectivity index (χ4v) is 3.80. The quantitative estimate of drug-likeness (QED) is 0.667. The molecule has 1 heterocycles. The summed E-state index contributed by atoms with van der Waals surface area (Å²) in [4.78, 5) is 12.5. The summed E-state index contributed by atoms with van der Waals surface area (Å²) in [6.45, 7) is 0. The van der Waals surface area contributed by atoms with Crippen molar-refractivity contribution in [3.8, 4) is 39.8 Å². The van der Waals surface area contributed by atoms with Crippen LogP contribution in [0.15, 0.2) is 36.4 Å². The standard InChI is InChI=1S/C22H22N2O5/c1-26-15-7-9-16-13(11-15)5-8-17-20(16)23-24(22(25)29-4)21(17)14-6-10-18(27-2)19(12-14)28-3/h6-7,9-12H,5,8H2,1-4H3. The summed E-state index contributed by atoms with van der Waals surface area (Å²) in [7, 11) is 6.17. The lowest BCUT2D eigenvalue weighted by Crippen LogP contribution is -2.14. The van der Waals surface area contributed by atoms with E-state index < -0.39 is 6.09 Å². The van der Waals surface area contributed by atoms with Crippen molar-refractivity contribution in [3.05, 3.63) is 47.5 Å². The Labute approximate surface area is 168 Å². The van der Waals surface area contributed by atoms with Crippen LogP contribution in [0.4, 0.5) is 4.79 Å². The number of nitrogens with zero attached hydrogens (tertiary/aromatic N) is 2. The zero-order valence-corrected chi connectivity index (χ0v) is 16.8. The van der Waals surface area contributed by atoms with Crippen LogP contribution in [0.1, 0.15) is 11.1 Å². The van der Waals surface area contributed by atoms with E-state index in [2.05, 4.69) is 5.10 Å². The van der Waals surface area contributed by atoms with Crippen molar-refractivity contribution in [3.63, 3.8) is 0 Å². The molecule has 4 rings (SSSR count). The Morgan fingerprint density at radius 1 is 0.931 bits per heavy atom. The molecule has 2 aromatic carbocycles. The Kier molecular flexibility index (Phi) is 4.88. The number of aryl methyl sites for hydroxylation is 1. The van der Waals surface area contributed by atoms with E-state index in [1.54, 1.807) is 21.3 Å². The van der Waals surface area contributed by atoms with E-state index in [9.17, 15) is 4.79 Å². The molecule has 0 atom stereocenters. The van der Waals surface area contributed by atoms with Gasteiger partial charge in [-0.3, -0.25) is 0 Å². The predicted octanol–water partition coefficient (Wildman–Crippen LogP) is 3.96. The maximum atomic E-state index is 12.5. The van der Waals surface area contributed by atoms with Crippen LogP contribution < -0.4 is 14.2 Å². The molecule has 1 aliphatic carbocycles. The summed E-state index contributed by atoms with van der Waals surface area (Å²) in [6.07, 6.45) is 1.03. The van der Waals surface area contributed by atoms with Gasteiger partial charge in [0.2, 0.25) is 0 Å². The molecule has 3 aromatic rings. The second-order valence-electron chi connectivity index (χ2n) is 6.65. The Bertz CT molecular complexity index is 1090. The van der Waals surface area contributed by atoms with Gasteiger partial charge in [0.05, 0.1) is 39.8 Å². The Hall–Kier alpha value is -3.48. The molecule has 0 saturated heterocycles. The highest BCUT2D eigenvalue weighted by molar-refractivity contribution is 5.85. The molecule has 0 N–H and O–H groups in total. The molecular formula is C22H22N2O5. The molecule has 0 spiro atoms. The number of fused-ring (bicyclic) bond motifs is 3. The molecule has 0 unspecified atom stereocenters. The minimum Gasteiger partial charge on any atom is -0.497 e. The highest BCUT2D eigenvalue weighted by Gasteiger charge is 2.29. The molecule has 0 aliphatic heterocycles. The summed E-state index contributed by atoms with van der Waals surface area (Å²) in [5.74, 6) is 2.00. The van der Waals surface area contributed by atoms with Crippen molar-refractivity contribution in [2.24, 2.45) is 0 Å². The summed E-state index contributed by atoms with van der Waals surface area (Å²) in [5, 5.41) is 4.62. The zero-order valence-electron chi connectivity index (χ0n) is 16.8. The monoisotopic (exact) mass is 394 g/mol. The first-order chi connectivity index (χ1) is 14.1. The number of hydrogen-bond donors (Lipinski definition) is 0. The SMILES string of the molecule is COC(=O)n1nc2c(c1-c1ccc(OC)c(OC)c1)CCc1cc(OC)ccc1-2. The molecular weight excluding hydrogens is 372 g/mol. The van der Waals surface area contributed by atoms with Crippen LogP contribution in [0.2, 0.25) is 0 Å². The van der Waals surface area contributed by atoms with Gasteiger partial charge in [-0.15, -0.1) is 0 Å². The fourth-order valence-electron chi connectivity index (χ4n) is 3.80. The molecule has 0 amide bonds. The van der Waals surface area contributed by atoms with Crippen molar-refractivity contribution in [1.82, 2.24) is 9.78 Å². The molecule has 7 nitrogen and oxygen atoms in total. The largest absolute Gasteiger partial charge is 0.497 e. The molecule has 0 bridgehead atoms. The van der Waals surface area contributed by atoms with Gasteiger partial charge in [0.25, 0.3) is 0 Å². The van der Waals surface area contributed by atoms with Gasteiger partial charge >= 0.3 is 6.09 Å². The fraction of sp³-hybridized carbons (Fsp3) is 0.273. The average molecular weight is 394 g/mol. The first-order valence-electron chi connectivity index (χ1n) is 9.21. The number of benzene rings is 2. The third kappa shape index (κ3) is 3.08. The van der Waals surface area contributed by atoms with Crippen LogP contribution in [0.25, 0.3) is 22.5 Å². The summed E-state index contributed by atoms with van der Waals surface area (Å²) in [6, 6.07) is 11.5. The van der Waals surface area contributed by atoms with E-state index in [1.165, 1.54) is 11.8 Å². The Morgan fingerprint density at radius 2 is 1.72 bits per heavy atom. The third-order valence-corrected chi connectivity index (χ3v) is 5.20. The maximum Gasteiger partial charge on any atom is 0.435 e. The highest BCUT2D eigenvalue weighted by atomic mass is 16.5. The topological polar surface area (TPSA) is 71.8 Å². The molecule has 1 aromatic heterocycles. The number of rotatable bonds is 4. The number of carbonyl (C=O) groups is 1. The molecule has 0 fully saturated rings. The van der Waals surface area contributed by atoms with Gasteiger partial charge in [-0.05, 0) is 54.8 Å². The van der Waals surface area contributed by atoms with E-state index in [0.717, 1.165) is 46.5 Å². The molecule has 150 valence electrons. The van der Waals surface area contributed by atoms with Gasteiger partial charge in [-0.2, -0.15) is 9.78 Å². The van der Waals surface area contributed by atoms with Gasteiger partial charge < -0.3 is 18.9 Å². The number of methoxy groups -OCH3 is 4. The van der Waals surface area contributed by atoms with Gasteiger partial charge in [-0.25, -0.2) is 4.79 Å². The highest BCUT2D eigenvalue weighted by Crippen LogP contribution is 2.41. The van der Waals surface area contributed by atoms with E-state index in [0.29, 0.717) is 17.2 Å². The summed E-state index contributed by atoms with van der Waals surface area (Å²) < 4.78 is 22.4. The maximum absolute atomic E-state index is 12.5. The molecule has 7 heteroatoms. The van der Waals surface area contributed by atoms with Crippen LogP contribution in [0.3, 0.4) is 0 Å². The van der Waals surface area contributed by atoms with Crippen LogP contribution in [0, 0.1) is 0 Å². The lowest BCUT2D eigenvalue weighted by Gasteiger charge is -2.17. The second-order valence-corrected chi connectivity index (χ2v) is 6.65. The molecule has 0 saturated carbocycles. The first kappa shape index (κ1) is 18.9. The summed E-state index contributed by atoms with van der Waals surface area (Å²) in [5.41, 5.74) is 5.43.